The lowest BCUT2D eigenvalue weighted by molar-refractivity contribution is 0.121. The fourth-order valence-corrected chi connectivity index (χ4v) is 2.15. The van der Waals surface area contributed by atoms with Crippen molar-refractivity contribution < 1.29 is 23.1 Å². The molecular weight excluding hydrogens is 284 g/mol. The number of aliphatic hydroxyl groups excluding tert-OH is 1. The van der Waals surface area contributed by atoms with E-state index in [9.17, 15) is 18.3 Å². The van der Waals surface area contributed by atoms with Crippen LogP contribution in [0.1, 0.15) is 32.4 Å². The summed E-state index contributed by atoms with van der Waals surface area (Å²) >= 11 is 0. The molecule has 7 nitrogen and oxygen atoms in total. The lowest BCUT2D eigenvalue weighted by Crippen LogP contribution is -2.36. The summed E-state index contributed by atoms with van der Waals surface area (Å²) in [5, 5.41) is 9.42. The Morgan fingerprint density at radius 3 is 2.50 bits per heavy atom. The molecule has 0 aliphatic rings. The Bertz CT molecular complexity index is 569. The van der Waals surface area contributed by atoms with E-state index in [1.54, 1.807) is 37.6 Å². The van der Waals surface area contributed by atoms with E-state index in [-0.39, 0.29) is 5.69 Å². The van der Waals surface area contributed by atoms with Crippen LogP contribution in [-0.4, -0.2) is 25.7 Å². The average Bonchev–Trinajstić information content (AvgIpc) is 2.26. The van der Waals surface area contributed by atoms with Gasteiger partial charge in [-0.3, -0.25) is 4.72 Å². The summed E-state index contributed by atoms with van der Waals surface area (Å²) in [5.74, 6) is 0. The molecule has 3 N–H and O–H groups in total. The topological polar surface area (TPSA) is 105 Å². The van der Waals surface area contributed by atoms with Crippen LogP contribution in [0, 0.1) is 0 Å². The molecule has 0 aliphatic heterocycles. The van der Waals surface area contributed by atoms with Gasteiger partial charge < -0.3 is 9.84 Å². The van der Waals surface area contributed by atoms with Gasteiger partial charge in [0.25, 0.3) is 0 Å². The summed E-state index contributed by atoms with van der Waals surface area (Å²) in [6.45, 7) is 4.77. The second-order valence-electron chi connectivity index (χ2n) is 4.46. The summed E-state index contributed by atoms with van der Waals surface area (Å²) in [5.41, 5.74) is 0.781. The number of rotatable bonds is 5. The third-order valence-corrected chi connectivity index (χ3v) is 3.12. The first-order chi connectivity index (χ1) is 9.19. The van der Waals surface area contributed by atoms with Crippen molar-refractivity contribution in [2.24, 2.45) is 0 Å². The zero-order valence-corrected chi connectivity index (χ0v) is 12.3. The van der Waals surface area contributed by atoms with Crippen molar-refractivity contribution in [3.63, 3.8) is 0 Å². The van der Waals surface area contributed by atoms with Crippen molar-refractivity contribution in [3.05, 3.63) is 29.8 Å². The molecule has 1 atom stereocenters. The van der Waals surface area contributed by atoms with Crippen LogP contribution in [-0.2, 0) is 14.9 Å². The number of anilines is 1. The minimum atomic E-state index is -4.08. The van der Waals surface area contributed by atoms with E-state index in [4.69, 9.17) is 0 Å². The maximum atomic E-state index is 11.7. The van der Waals surface area contributed by atoms with Crippen molar-refractivity contribution in [1.82, 2.24) is 4.72 Å². The Labute approximate surface area is 118 Å². The van der Waals surface area contributed by atoms with Crippen LogP contribution in [0.5, 0.6) is 0 Å². The summed E-state index contributed by atoms with van der Waals surface area (Å²) in [6.07, 6.45) is -2.21. The molecule has 0 saturated carbocycles. The molecule has 0 saturated heterocycles. The minimum Gasteiger partial charge on any atom is -0.446 e. The molecule has 0 aliphatic carbocycles. The van der Waals surface area contributed by atoms with Gasteiger partial charge in [-0.05, 0) is 38.5 Å². The van der Waals surface area contributed by atoms with Crippen LogP contribution in [0.25, 0.3) is 0 Å². The molecule has 1 aromatic carbocycles. The summed E-state index contributed by atoms with van der Waals surface area (Å²) in [7, 11) is -4.08. The van der Waals surface area contributed by atoms with E-state index >= 15 is 0 Å². The standard InChI is InChI=1S/C12H18N2O5S/c1-8(2)19-12(16)14-20(17,18)13-11-6-4-5-10(7-11)9(3)15/h4-9,13,15H,1-3H3,(H,14,16). The Balaban J connectivity index is 2.76. The SMILES string of the molecule is CC(C)OC(=O)NS(=O)(=O)Nc1cccc(C(C)O)c1. The molecule has 1 amide bonds. The largest absolute Gasteiger partial charge is 0.446 e. The van der Waals surface area contributed by atoms with Gasteiger partial charge in [-0.25, -0.2) is 9.52 Å². The molecule has 1 unspecified atom stereocenters. The number of benzene rings is 1. The predicted molar refractivity (Wildman–Crippen MR) is 74.4 cm³/mol. The molecule has 0 heterocycles. The van der Waals surface area contributed by atoms with E-state index in [1.165, 1.54) is 12.1 Å². The summed E-state index contributed by atoms with van der Waals surface area (Å²) < 4.78 is 31.9. The molecule has 0 aromatic heterocycles. The Morgan fingerprint density at radius 2 is 1.95 bits per heavy atom. The van der Waals surface area contributed by atoms with E-state index in [2.05, 4.69) is 9.46 Å². The molecule has 1 rings (SSSR count). The lowest BCUT2D eigenvalue weighted by atomic mass is 10.1. The molecule has 8 heteroatoms. The molecule has 112 valence electrons. The molecule has 0 bridgehead atoms. The molecular formula is C12H18N2O5S. The van der Waals surface area contributed by atoms with Crippen molar-refractivity contribution in [2.45, 2.75) is 33.0 Å². The zero-order valence-electron chi connectivity index (χ0n) is 11.5. The van der Waals surface area contributed by atoms with Gasteiger partial charge in [-0.2, -0.15) is 8.42 Å². The Hall–Kier alpha value is -1.80. The van der Waals surface area contributed by atoms with Crippen molar-refractivity contribution in [2.75, 3.05) is 4.72 Å². The Kier molecular flexibility index (Phi) is 5.34. The third kappa shape index (κ3) is 5.45. The second-order valence-corrected chi connectivity index (χ2v) is 5.88. The van der Waals surface area contributed by atoms with Crippen molar-refractivity contribution >= 4 is 22.0 Å². The van der Waals surface area contributed by atoms with Gasteiger partial charge in [-0.15, -0.1) is 0 Å². The van der Waals surface area contributed by atoms with Gasteiger partial charge >= 0.3 is 16.3 Å². The number of hydrogen-bond donors (Lipinski definition) is 3. The van der Waals surface area contributed by atoms with Gasteiger partial charge in [0, 0.05) is 0 Å². The molecule has 0 radical (unpaired) electrons. The van der Waals surface area contributed by atoms with Crippen LogP contribution in [0.15, 0.2) is 24.3 Å². The van der Waals surface area contributed by atoms with Crippen molar-refractivity contribution in [1.29, 1.82) is 0 Å². The molecule has 0 spiro atoms. The summed E-state index contributed by atoms with van der Waals surface area (Å²) in [6, 6.07) is 6.21. The van der Waals surface area contributed by atoms with Gasteiger partial charge in [0.05, 0.1) is 17.9 Å². The summed E-state index contributed by atoms with van der Waals surface area (Å²) in [4.78, 5) is 11.2. The van der Waals surface area contributed by atoms with Gasteiger partial charge in [0.1, 0.15) is 0 Å². The zero-order chi connectivity index (χ0) is 15.3. The highest BCUT2D eigenvalue weighted by atomic mass is 32.2. The first-order valence-electron chi connectivity index (χ1n) is 5.99. The van der Waals surface area contributed by atoms with Gasteiger partial charge in [0.15, 0.2) is 0 Å². The smallest absolute Gasteiger partial charge is 0.422 e. The fraction of sp³-hybridized carbons (Fsp3) is 0.417. The highest BCUT2D eigenvalue weighted by molar-refractivity contribution is 7.91. The van der Waals surface area contributed by atoms with E-state index in [0.717, 1.165) is 0 Å². The minimum absolute atomic E-state index is 0.230. The molecule has 20 heavy (non-hydrogen) atoms. The first-order valence-corrected chi connectivity index (χ1v) is 7.47. The first kappa shape index (κ1) is 16.3. The quantitative estimate of drug-likeness (QED) is 0.765. The maximum absolute atomic E-state index is 11.7. The van der Waals surface area contributed by atoms with Crippen molar-refractivity contribution in [3.8, 4) is 0 Å². The second kappa shape index (κ2) is 6.58. The monoisotopic (exact) mass is 302 g/mol. The highest BCUT2D eigenvalue weighted by Crippen LogP contribution is 2.17. The number of aliphatic hydroxyl groups is 1. The number of hydrogen-bond acceptors (Lipinski definition) is 5. The third-order valence-electron chi connectivity index (χ3n) is 2.18. The fourth-order valence-electron chi connectivity index (χ4n) is 1.39. The van der Waals surface area contributed by atoms with Crippen LogP contribution >= 0.6 is 0 Å². The van der Waals surface area contributed by atoms with E-state index in [1.807, 2.05) is 0 Å². The van der Waals surface area contributed by atoms with E-state index < -0.39 is 28.5 Å². The maximum Gasteiger partial charge on any atom is 0.422 e. The molecule has 1 aromatic rings. The van der Waals surface area contributed by atoms with Gasteiger partial charge in [0.2, 0.25) is 0 Å². The van der Waals surface area contributed by atoms with Crippen LogP contribution < -0.4 is 9.44 Å². The number of ether oxygens (including phenoxy) is 1. The number of carbonyl (C=O) groups excluding carboxylic acids is 1. The van der Waals surface area contributed by atoms with E-state index in [0.29, 0.717) is 5.56 Å². The normalized spacial score (nSPS) is 12.8. The average molecular weight is 302 g/mol. The predicted octanol–water partition coefficient (Wildman–Crippen LogP) is 1.53. The van der Waals surface area contributed by atoms with Crippen LogP contribution in [0.3, 0.4) is 0 Å². The number of nitrogens with one attached hydrogen (secondary N) is 2. The number of amides is 1. The van der Waals surface area contributed by atoms with Crippen LogP contribution in [0.4, 0.5) is 10.5 Å². The lowest BCUT2D eigenvalue weighted by Gasteiger charge is -2.12. The van der Waals surface area contributed by atoms with Crippen LogP contribution in [0.2, 0.25) is 0 Å². The molecule has 0 fully saturated rings. The number of carbonyl (C=O) groups is 1. The Morgan fingerprint density at radius 1 is 1.30 bits per heavy atom. The van der Waals surface area contributed by atoms with Gasteiger partial charge in [-0.1, -0.05) is 12.1 Å². The highest BCUT2D eigenvalue weighted by Gasteiger charge is 2.16.